The molecule has 3 aromatic rings. The highest BCUT2D eigenvalue weighted by Crippen LogP contribution is 2.20. The molecule has 5 nitrogen and oxygen atoms in total. The first-order valence-corrected chi connectivity index (χ1v) is 9.47. The van der Waals surface area contributed by atoms with Gasteiger partial charge in [-0.25, -0.2) is 9.37 Å². The number of rotatable bonds is 5. The van der Waals surface area contributed by atoms with Gasteiger partial charge in [0.2, 0.25) is 5.91 Å². The molecule has 0 spiro atoms. The topological polar surface area (TPSA) is 64.0 Å². The maximum atomic E-state index is 13.0. The molecule has 0 aliphatic carbocycles. The van der Waals surface area contributed by atoms with Crippen LogP contribution < -0.4 is 10.9 Å². The van der Waals surface area contributed by atoms with Crippen molar-refractivity contribution in [3.8, 4) is 0 Å². The van der Waals surface area contributed by atoms with E-state index in [-0.39, 0.29) is 28.8 Å². The van der Waals surface area contributed by atoms with Gasteiger partial charge in [-0.3, -0.25) is 14.2 Å². The number of halogens is 2. The number of nitrogens with zero attached hydrogens (tertiary/aromatic N) is 2. The van der Waals surface area contributed by atoms with Crippen molar-refractivity contribution in [3.05, 3.63) is 56.4 Å². The minimum atomic E-state index is -0.425. The van der Waals surface area contributed by atoms with Crippen molar-refractivity contribution in [2.45, 2.75) is 11.7 Å². The van der Waals surface area contributed by atoms with Crippen molar-refractivity contribution in [1.29, 1.82) is 0 Å². The average Bonchev–Trinajstić information content (AvgIpc) is 3.04. The van der Waals surface area contributed by atoms with E-state index in [1.54, 1.807) is 13.1 Å². The van der Waals surface area contributed by atoms with E-state index < -0.39 is 5.82 Å². The Hall–Kier alpha value is -1.90. The quantitative estimate of drug-likeness (QED) is 0.530. The molecule has 9 heteroatoms. The number of hydrogen-bond acceptors (Lipinski definition) is 5. The number of amides is 1. The van der Waals surface area contributed by atoms with Crippen LogP contribution in [0.3, 0.4) is 0 Å². The number of thiophene rings is 1. The zero-order valence-corrected chi connectivity index (χ0v) is 15.5. The summed E-state index contributed by atoms with van der Waals surface area (Å²) in [5.74, 6) is -0.550. The summed E-state index contributed by atoms with van der Waals surface area (Å²) in [5, 5.41) is 5.27. The van der Waals surface area contributed by atoms with Crippen molar-refractivity contribution in [1.82, 2.24) is 14.9 Å². The Morgan fingerprint density at radius 1 is 1.44 bits per heavy atom. The Balaban J connectivity index is 1.62. The number of aromatic nitrogens is 2. The van der Waals surface area contributed by atoms with Crippen LogP contribution in [0.1, 0.15) is 5.56 Å². The molecule has 0 bridgehead atoms. The summed E-state index contributed by atoms with van der Waals surface area (Å²) in [6.45, 7) is 0.203. The molecule has 0 radical (unpaired) electrons. The number of hydrogen-bond donors (Lipinski definition) is 1. The van der Waals surface area contributed by atoms with E-state index in [1.807, 2.05) is 5.38 Å². The lowest BCUT2D eigenvalue weighted by molar-refractivity contribution is -0.118. The molecule has 0 saturated heterocycles. The highest BCUT2D eigenvalue weighted by Gasteiger charge is 2.12. The third kappa shape index (κ3) is 4.02. The molecular formula is C16H13ClFN3O2S2. The number of carbonyl (C=O) groups is 1. The molecule has 2 heterocycles. The number of fused-ring (bicyclic) bond motifs is 1. The van der Waals surface area contributed by atoms with Gasteiger partial charge in [0.05, 0.1) is 11.3 Å². The fourth-order valence-corrected chi connectivity index (χ4v) is 3.98. The van der Waals surface area contributed by atoms with E-state index in [2.05, 4.69) is 10.3 Å². The minimum Gasteiger partial charge on any atom is -0.351 e. The Morgan fingerprint density at radius 3 is 3.00 bits per heavy atom. The normalized spacial score (nSPS) is 11.0. The third-order valence-corrected chi connectivity index (χ3v) is 5.74. The van der Waals surface area contributed by atoms with E-state index >= 15 is 0 Å². The van der Waals surface area contributed by atoms with E-state index in [0.29, 0.717) is 20.9 Å². The molecule has 1 N–H and O–H groups in total. The van der Waals surface area contributed by atoms with Crippen LogP contribution in [0.4, 0.5) is 4.39 Å². The number of benzene rings is 1. The molecule has 0 unspecified atom stereocenters. The fraction of sp³-hybridized carbons (Fsp3) is 0.188. The molecule has 0 aliphatic heterocycles. The number of thioether (sulfide) groups is 1. The minimum absolute atomic E-state index is 0.106. The lowest BCUT2D eigenvalue weighted by Crippen LogP contribution is -2.25. The van der Waals surface area contributed by atoms with Crippen molar-refractivity contribution in [2.75, 3.05) is 5.75 Å². The standard InChI is InChI=1S/C16H13ClFN3O2S2/c1-21-15(23)14-12(4-5-24-14)20-16(21)25-8-13(22)19-7-9-2-3-10(18)6-11(9)17/h2-6H,7-8H2,1H3,(H,19,22). The molecule has 0 atom stereocenters. The highest BCUT2D eigenvalue weighted by molar-refractivity contribution is 7.99. The third-order valence-electron chi connectivity index (χ3n) is 3.47. The smallest absolute Gasteiger partial charge is 0.271 e. The van der Waals surface area contributed by atoms with Gasteiger partial charge in [0.15, 0.2) is 5.16 Å². The van der Waals surface area contributed by atoms with Crippen molar-refractivity contribution < 1.29 is 9.18 Å². The van der Waals surface area contributed by atoms with Gasteiger partial charge in [-0.1, -0.05) is 29.4 Å². The van der Waals surface area contributed by atoms with Gasteiger partial charge in [0.25, 0.3) is 5.56 Å². The lowest BCUT2D eigenvalue weighted by Gasteiger charge is -2.09. The van der Waals surface area contributed by atoms with Crippen molar-refractivity contribution >= 4 is 50.8 Å². The summed E-state index contributed by atoms with van der Waals surface area (Å²) >= 11 is 8.45. The van der Waals surface area contributed by atoms with Gasteiger partial charge in [-0.2, -0.15) is 0 Å². The van der Waals surface area contributed by atoms with Gasteiger partial charge in [0.1, 0.15) is 10.5 Å². The summed E-state index contributed by atoms with van der Waals surface area (Å²) in [7, 11) is 1.63. The van der Waals surface area contributed by atoms with E-state index in [4.69, 9.17) is 11.6 Å². The maximum Gasteiger partial charge on any atom is 0.271 e. The van der Waals surface area contributed by atoms with Crippen LogP contribution in [-0.2, 0) is 18.4 Å². The Bertz CT molecular complexity index is 1000. The zero-order valence-electron chi connectivity index (χ0n) is 13.1. The largest absolute Gasteiger partial charge is 0.351 e. The Morgan fingerprint density at radius 2 is 2.24 bits per heavy atom. The molecule has 2 aromatic heterocycles. The monoisotopic (exact) mass is 397 g/mol. The lowest BCUT2D eigenvalue weighted by atomic mass is 10.2. The second-order valence-electron chi connectivity index (χ2n) is 5.19. The van der Waals surface area contributed by atoms with Gasteiger partial charge < -0.3 is 5.32 Å². The summed E-state index contributed by atoms with van der Waals surface area (Å²) < 4.78 is 15.0. The van der Waals surface area contributed by atoms with Crippen molar-refractivity contribution in [2.24, 2.45) is 7.05 Å². The van der Waals surface area contributed by atoms with Crippen LogP contribution >= 0.6 is 34.7 Å². The summed E-state index contributed by atoms with van der Waals surface area (Å²) in [5.41, 5.74) is 1.14. The van der Waals surface area contributed by atoms with Gasteiger partial charge in [0, 0.05) is 18.6 Å². The van der Waals surface area contributed by atoms with Crippen LogP contribution in [0.25, 0.3) is 10.2 Å². The average molecular weight is 398 g/mol. The van der Waals surface area contributed by atoms with Gasteiger partial charge >= 0.3 is 0 Å². The molecule has 0 fully saturated rings. The molecule has 3 rings (SSSR count). The SMILES string of the molecule is Cn1c(SCC(=O)NCc2ccc(F)cc2Cl)nc2ccsc2c1=O. The number of nitrogens with one attached hydrogen (secondary N) is 1. The first-order chi connectivity index (χ1) is 12.0. The number of carbonyl (C=O) groups excluding carboxylic acids is 1. The van der Waals surface area contributed by atoms with Crippen LogP contribution in [0.2, 0.25) is 5.02 Å². The van der Waals surface area contributed by atoms with Crippen LogP contribution in [0.15, 0.2) is 39.6 Å². The van der Waals surface area contributed by atoms with Crippen LogP contribution in [-0.4, -0.2) is 21.2 Å². The highest BCUT2D eigenvalue weighted by atomic mass is 35.5. The molecule has 1 amide bonds. The summed E-state index contributed by atoms with van der Waals surface area (Å²) in [6, 6.07) is 5.80. The predicted molar refractivity (Wildman–Crippen MR) is 98.8 cm³/mol. The van der Waals surface area contributed by atoms with Gasteiger partial charge in [-0.05, 0) is 29.1 Å². The first kappa shape index (κ1) is 17.9. The van der Waals surface area contributed by atoms with E-state index in [1.165, 1.54) is 45.9 Å². The first-order valence-electron chi connectivity index (χ1n) is 7.23. The second-order valence-corrected chi connectivity index (χ2v) is 7.46. The molecule has 0 aliphatic rings. The van der Waals surface area contributed by atoms with Crippen LogP contribution in [0.5, 0.6) is 0 Å². The Labute approximate surface area is 155 Å². The zero-order chi connectivity index (χ0) is 18.0. The van der Waals surface area contributed by atoms with Crippen LogP contribution in [0, 0.1) is 5.82 Å². The molecule has 130 valence electrons. The molecular weight excluding hydrogens is 385 g/mol. The summed E-state index contributed by atoms with van der Waals surface area (Å²) in [4.78, 5) is 28.6. The predicted octanol–water partition coefficient (Wildman–Crippen LogP) is 3.20. The second kappa shape index (κ2) is 7.55. The molecule has 0 saturated carbocycles. The summed E-state index contributed by atoms with van der Waals surface area (Å²) in [6.07, 6.45) is 0. The van der Waals surface area contributed by atoms with E-state index in [0.717, 1.165) is 0 Å². The molecule has 25 heavy (non-hydrogen) atoms. The molecule has 1 aromatic carbocycles. The maximum absolute atomic E-state index is 13.0. The van der Waals surface area contributed by atoms with E-state index in [9.17, 15) is 14.0 Å². The van der Waals surface area contributed by atoms with Gasteiger partial charge in [-0.15, -0.1) is 11.3 Å². The fourth-order valence-electron chi connectivity index (χ4n) is 2.14. The van der Waals surface area contributed by atoms with Crippen molar-refractivity contribution in [3.63, 3.8) is 0 Å². The Kier molecular flexibility index (Phi) is 5.41.